The number of carbonyl (C=O) groups excluding carboxylic acids is 1. The second kappa shape index (κ2) is 10.8. The van der Waals surface area contributed by atoms with E-state index in [1.165, 1.54) is 12.1 Å². The number of hydrogen-bond acceptors (Lipinski definition) is 4. The Morgan fingerprint density at radius 2 is 1.82 bits per heavy atom. The normalized spacial score (nSPS) is 10.9. The van der Waals surface area contributed by atoms with Crippen molar-refractivity contribution < 1.29 is 18.7 Å². The lowest BCUT2D eigenvalue weighted by Crippen LogP contribution is -2.32. The van der Waals surface area contributed by atoms with Gasteiger partial charge in [-0.1, -0.05) is 12.1 Å². The molecule has 0 saturated carbocycles. The zero-order chi connectivity index (χ0) is 20.4. The van der Waals surface area contributed by atoms with E-state index in [9.17, 15) is 9.18 Å². The van der Waals surface area contributed by atoms with Crippen molar-refractivity contribution >= 4 is 17.6 Å². The van der Waals surface area contributed by atoms with Gasteiger partial charge in [-0.15, -0.1) is 0 Å². The molecular weight excluding hydrogens is 363 g/mol. The van der Waals surface area contributed by atoms with Crippen molar-refractivity contribution in [2.45, 2.75) is 6.92 Å². The number of rotatable bonds is 8. The third kappa shape index (κ3) is 5.87. The van der Waals surface area contributed by atoms with Gasteiger partial charge in [0.2, 0.25) is 0 Å². The summed E-state index contributed by atoms with van der Waals surface area (Å²) < 4.78 is 24.1. The molecule has 0 bridgehead atoms. The van der Waals surface area contributed by atoms with Gasteiger partial charge in [-0.3, -0.25) is 9.79 Å². The van der Waals surface area contributed by atoms with Crippen LogP contribution in [0, 0.1) is 5.82 Å². The van der Waals surface area contributed by atoms with Crippen molar-refractivity contribution in [3.8, 4) is 11.5 Å². The fourth-order valence-corrected chi connectivity index (χ4v) is 2.44. The van der Waals surface area contributed by atoms with Gasteiger partial charge in [0.05, 0.1) is 26.3 Å². The quantitative estimate of drug-likeness (QED) is 0.368. The van der Waals surface area contributed by atoms with E-state index < -0.39 is 11.7 Å². The summed E-state index contributed by atoms with van der Waals surface area (Å²) in [5.41, 5.74) is 0.787. The van der Waals surface area contributed by atoms with Crippen LogP contribution in [-0.4, -0.2) is 45.7 Å². The zero-order valence-corrected chi connectivity index (χ0v) is 16.2. The fraction of sp³-hybridized carbons (Fsp3) is 0.300. The Labute approximate surface area is 164 Å². The highest BCUT2D eigenvalue weighted by atomic mass is 19.1. The van der Waals surface area contributed by atoms with Crippen LogP contribution in [0.2, 0.25) is 0 Å². The molecule has 0 aliphatic heterocycles. The maximum Gasteiger partial charge on any atom is 0.254 e. The molecule has 0 radical (unpaired) electrons. The van der Waals surface area contributed by atoms with E-state index in [0.717, 1.165) is 5.69 Å². The van der Waals surface area contributed by atoms with Gasteiger partial charge in [-0.25, -0.2) is 4.39 Å². The standard InChI is InChI=1S/C20H25FN4O3/c1-4-22-20(25-14-9-10-17(27-2)18(13-14)28-3)24-12-11-23-19(26)15-7-5-6-8-16(15)21/h5-10,13H,4,11-12H2,1-3H3,(H,23,26)(H2,22,24,25). The Hall–Kier alpha value is -3.29. The predicted octanol–water partition coefficient (Wildman–Crippen LogP) is 2.65. The molecule has 3 N–H and O–H groups in total. The first-order valence-electron chi connectivity index (χ1n) is 8.89. The molecule has 0 atom stereocenters. The fourth-order valence-electron chi connectivity index (χ4n) is 2.44. The Morgan fingerprint density at radius 1 is 1.07 bits per heavy atom. The molecule has 0 spiro atoms. The van der Waals surface area contributed by atoms with Crippen LogP contribution in [0.1, 0.15) is 17.3 Å². The van der Waals surface area contributed by atoms with Gasteiger partial charge in [-0.05, 0) is 31.2 Å². The average Bonchev–Trinajstić information content (AvgIpc) is 2.71. The number of guanidine groups is 1. The Morgan fingerprint density at radius 3 is 2.50 bits per heavy atom. The number of methoxy groups -OCH3 is 2. The highest BCUT2D eigenvalue weighted by Gasteiger charge is 2.10. The summed E-state index contributed by atoms with van der Waals surface area (Å²) in [7, 11) is 3.14. The highest BCUT2D eigenvalue weighted by Crippen LogP contribution is 2.29. The summed E-state index contributed by atoms with van der Waals surface area (Å²) >= 11 is 0. The van der Waals surface area contributed by atoms with Gasteiger partial charge in [-0.2, -0.15) is 0 Å². The van der Waals surface area contributed by atoms with Crippen molar-refractivity contribution in [1.82, 2.24) is 10.6 Å². The second-order valence-electron chi connectivity index (χ2n) is 5.69. The summed E-state index contributed by atoms with van der Waals surface area (Å²) in [6.45, 7) is 3.21. The average molecular weight is 388 g/mol. The molecule has 8 heteroatoms. The maximum atomic E-state index is 13.6. The van der Waals surface area contributed by atoms with Crippen molar-refractivity contribution in [3.05, 3.63) is 53.8 Å². The maximum absolute atomic E-state index is 13.6. The number of aliphatic imine (C=N–C) groups is 1. The molecule has 0 fully saturated rings. The lowest BCUT2D eigenvalue weighted by molar-refractivity contribution is 0.0951. The number of amides is 1. The Balaban J connectivity index is 1.95. The monoisotopic (exact) mass is 388 g/mol. The molecule has 0 aliphatic rings. The topological polar surface area (TPSA) is 84.0 Å². The smallest absolute Gasteiger partial charge is 0.254 e. The van der Waals surface area contributed by atoms with Crippen LogP contribution in [0.3, 0.4) is 0 Å². The summed E-state index contributed by atoms with van der Waals surface area (Å²) in [5, 5.41) is 8.94. The van der Waals surface area contributed by atoms with Crippen LogP contribution >= 0.6 is 0 Å². The van der Waals surface area contributed by atoms with E-state index in [0.29, 0.717) is 30.5 Å². The molecule has 2 aromatic rings. The van der Waals surface area contributed by atoms with E-state index in [-0.39, 0.29) is 12.1 Å². The molecule has 2 rings (SSSR count). The molecule has 7 nitrogen and oxygen atoms in total. The van der Waals surface area contributed by atoms with Gasteiger partial charge in [0.15, 0.2) is 17.5 Å². The first-order chi connectivity index (χ1) is 13.6. The van der Waals surface area contributed by atoms with Crippen molar-refractivity contribution in [2.24, 2.45) is 4.99 Å². The lowest BCUT2D eigenvalue weighted by atomic mass is 10.2. The second-order valence-corrected chi connectivity index (χ2v) is 5.69. The number of nitrogens with one attached hydrogen (secondary N) is 3. The van der Waals surface area contributed by atoms with Crippen molar-refractivity contribution in [2.75, 3.05) is 39.2 Å². The van der Waals surface area contributed by atoms with Gasteiger partial charge in [0.1, 0.15) is 5.82 Å². The molecule has 0 heterocycles. The first kappa shape index (κ1) is 21.0. The van der Waals surface area contributed by atoms with Crippen molar-refractivity contribution in [3.63, 3.8) is 0 Å². The Kier molecular flexibility index (Phi) is 8.08. The van der Waals surface area contributed by atoms with Crippen LogP contribution in [0.15, 0.2) is 47.5 Å². The van der Waals surface area contributed by atoms with E-state index >= 15 is 0 Å². The third-order valence-electron chi connectivity index (χ3n) is 3.78. The molecule has 28 heavy (non-hydrogen) atoms. The summed E-state index contributed by atoms with van der Waals surface area (Å²) in [6, 6.07) is 11.3. The number of halogens is 1. The molecular formula is C20H25FN4O3. The molecule has 1 amide bonds. The largest absolute Gasteiger partial charge is 0.493 e. The van der Waals surface area contributed by atoms with Crippen molar-refractivity contribution in [1.29, 1.82) is 0 Å². The third-order valence-corrected chi connectivity index (χ3v) is 3.78. The number of carbonyl (C=O) groups is 1. The van der Waals surface area contributed by atoms with Gasteiger partial charge in [0, 0.05) is 24.8 Å². The van der Waals surface area contributed by atoms with E-state index in [1.807, 2.05) is 13.0 Å². The molecule has 0 saturated heterocycles. The van der Waals surface area contributed by atoms with Crippen LogP contribution in [0.4, 0.5) is 10.1 Å². The minimum absolute atomic E-state index is 0.0156. The first-order valence-corrected chi connectivity index (χ1v) is 8.89. The summed E-state index contributed by atoms with van der Waals surface area (Å²) in [5.74, 6) is 0.763. The summed E-state index contributed by atoms with van der Waals surface area (Å²) in [6.07, 6.45) is 0. The summed E-state index contributed by atoms with van der Waals surface area (Å²) in [4.78, 5) is 16.4. The SMILES string of the molecule is CCNC(=NCCNC(=O)c1ccccc1F)Nc1ccc(OC)c(OC)c1. The van der Waals surface area contributed by atoms with Gasteiger partial charge >= 0.3 is 0 Å². The molecule has 0 aromatic heterocycles. The van der Waals surface area contributed by atoms with E-state index in [2.05, 4.69) is 20.9 Å². The molecule has 2 aromatic carbocycles. The molecule has 150 valence electrons. The highest BCUT2D eigenvalue weighted by molar-refractivity contribution is 5.95. The number of hydrogen-bond donors (Lipinski definition) is 3. The Bertz CT molecular complexity index is 827. The van der Waals surface area contributed by atoms with Crippen LogP contribution in [0.25, 0.3) is 0 Å². The van der Waals surface area contributed by atoms with E-state index in [4.69, 9.17) is 9.47 Å². The van der Waals surface area contributed by atoms with Gasteiger partial charge < -0.3 is 25.4 Å². The zero-order valence-electron chi connectivity index (χ0n) is 16.2. The lowest BCUT2D eigenvalue weighted by Gasteiger charge is -2.14. The molecule has 0 aliphatic carbocycles. The van der Waals surface area contributed by atoms with Crippen LogP contribution < -0.4 is 25.4 Å². The predicted molar refractivity (Wildman–Crippen MR) is 108 cm³/mol. The minimum atomic E-state index is -0.549. The number of anilines is 1. The number of ether oxygens (including phenoxy) is 2. The van der Waals surface area contributed by atoms with Crippen LogP contribution in [0.5, 0.6) is 11.5 Å². The minimum Gasteiger partial charge on any atom is -0.493 e. The van der Waals surface area contributed by atoms with Crippen LogP contribution in [-0.2, 0) is 0 Å². The molecule has 0 unspecified atom stereocenters. The number of benzene rings is 2. The van der Waals surface area contributed by atoms with Gasteiger partial charge in [0.25, 0.3) is 5.91 Å². The van der Waals surface area contributed by atoms with E-state index in [1.54, 1.807) is 38.5 Å². The number of nitrogens with zero attached hydrogens (tertiary/aromatic N) is 1.